The summed E-state index contributed by atoms with van der Waals surface area (Å²) in [4.78, 5) is 23.9. The van der Waals surface area contributed by atoms with Gasteiger partial charge in [-0.15, -0.1) is 12.4 Å². The van der Waals surface area contributed by atoms with E-state index in [4.69, 9.17) is 4.42 Å². The van der Waals surface area contributed by atoms with Gasteiger partial charge in [0.15, 0.2) is 5.65 Å². The highest BCUT2D eigenvalue weighted by atomic mass is 35.5. The number of nitrogens with zero attached hydrogens (tertiary/aromatic N) is 4. The molecular formula is C20H16ClN5O2. The smallest absolute Gasteiger partial charge is 0.280 e. The van der Waals surface area contributed by atoms with Crippen LogP contribution in [0.25, 0.3) is 27.8 Å². The van der Waals surface area contributed by atoms with Gasteiger partial charge in [0.1, 0.15) is 16.7 Å². The fourth-order valence-electron chi connectivity index (χ4n) is 2.50. The van der Waals surface area contributed by atoms with Crippen LogP contribution in [-0.4, -0.2) is 24.6 Å². The van der Waals surface area contributed by atoms with Gasteiger partial charge < -0.3 is 9.40 Å². The maximum atomic E-state index is 12.5. The first-order valence-corrected chi connectivity index (χ1v) is 8.25. The van der Waals surface area contributed by atoms with Crippen LogP contribution in [0, 0.1) is 0 Å². The third-order valence-electron chi connectivity index (χ3n) is 3.74. The summed E-state index contributed by atoms with van der Waals surface area (Å²) in [5, 5.41) is 4.80. The van der Waals surface area contributed by atoms with Crippen LogP contribution >= 0.6 is 12.4 Å². The summed E-state index contributed by atoms with van der Waals surface area (Å²) >= 11 is 0. The highest BCUT2D eigenvalue weighted by Crippen LogP contribution is 2.07. The van der Waals surface area contributed by atoms with E-state index in [0.717, 1.165) is 5.65 Å². The number of rotatable bonds is 0. The van der Waals surface area contributed by atoms with Crippen LogP contribution in [-0.2, 0) is 0 Å². The van der Waals surface area contributed by atoms with E-state index in [2.05, 4.69) is 20.1 Å². The van der Waals surface area contributed by atoms with Crippen molar-refractivity contribution in [3.63, 3.8) is 0 Å². The number of para-hydroxylation sites is 1. The third kappa shape index (κ3) is 4.16. The molecule has 0 aliphatic carbocycles. The van der Waals surface area contributed by atoms with Gasteiger partial charge in [-0.1, -0.05) is 24.3 Å². The average molecular weight is 394 g/mol. The van der Waals surface area contributed by atoms with Crippen molar-refractivity contribution in [1.82, 2.24) is 24.6 Å². The molecule has 28 heavy (non-hydrogen) atoms. The van der Waals surface area contributed by atoms with Gasteiger partial charge in [-0.3, -0.25) is 4.79 Å². The molecule has 0 spiro atoms. The minimum atomic E-state index is -0.413. The van der Waals surface area contributed by atoms with E-state index >= 15 is 0 Å². The fraction of sp³-hybridized carbons (Fsp3) is 0. The minimum Gasteiger partial charge on any atom is -0.464 e. The quantitative estimate of drug-likeness (QED) is 0.488. The molecule has 4 aromatic rings. The average Bonchev–Trinajstić information content (AvgIpc) is 3.12. The van der Waals surface area contributed by atoms with Crippen LogP contribution < -0.4 is 5.56 Å². The molecule has 0 saturated heterocycles. The van der Waals surface area contributed by atoms with Gasteiger partial charge in [0.05, 0.1) is 17.8 Å². The zero-order valence-corrected chi connectivity index (χ0v) is 15.4. The summed E-state index contributed by atoms with van der Waals surface area (Å²) in [6.45, 7) is 0. The first-order chi connectivity index (χ1) is 13.3. The van der Waals surface area contributed by atoms with Crippen molar-refractivity contribution in [2.24, 2.45) is 0 Å². The van der Waals surface area contributed by atoms with Crippen molar-refractivity contribution in [1.29, 1.82) is 0 Å². The summed E-state index contributed by atoms with van der Waals surface area (Å²) in [7, 11) is 0. The molecule has 0 aliphatic heterocycles. The van der Waals surface area contributed by atoms with Crippen LogP contribution in [0.4, 0.5) is 0 Å². The molecule has 0 radical (unpaired) electrons. The Hall–Kier alpha value is -3.71. The maximum Gasteiger partial charge on any atom is 0.280 e. The first-order valence-electron chi connectivity index (χ1n) is 8.25. The van der Waals surface area contributed by atoms with Gasteiger partial charge in [0.25, 0.3) is 5.56 Å². The second-order valence-electron chi connectivity index (χ2n) is 5.56. The Labute approximate surface area is 165 Å². The van der Waals surface area contributed by atoms with Gasteiger partial charge >= 0.3 is 0 Å². The van der Waals surface area contributed by atoms with Crippen molar-refractivity contribution >= 4 is 40.2 Å². The van der Waals surface area contributed by atoms with Crippen molar-refractivity contribution in [3.05, 3.63) is 95.9 Å². The van der Waals surface area contributed by atoms with Gasteiger partial charge in [0, 0.05) is 18.5 Å². The van der Waals surface area contributed by atoms with Gasteiger partial charge in [-0.2, -0.15) is 9.61 Å². The van der Waals surface area contributed by atoms with E-state index < -0.39 is 5.56 Å². The van der Waals surface area contributed by atoms with Crippen molar-refractivity contribution in [3.8, 4) is 0 Å². The zero-order valence-electron chi connectivity index (χ0n) is 14.6. The highest BCUT2D eigenvalue weighted by Gasteiger charge is 1.99. The Morgan fingerprint density at radius 3 is 2.75 bits per heavy atom. The molecule has 1 aromatic carbocycles. The molecule has 0 unspecified atom stereocenters. The molecule has 7 nitrogen and oxygen atoms in total. The third-order valence-corrected chi connectivity index (χ3v) is 3.74. The van der Waals surface area contributed by atoms with E-state index in [1.54, 1.807) is 59.4 Å². The molecule has 0 atom stereocenters. The van der Waals surface area contributed by atoms with E-state index in [1.807, 2.05) is 18.2 Å². The van der Waals surface area contributed by atoms with Gasteiger partial charge in [-0.05, 0) is 30.3 Å². The first kappa shape index (κ1) is 19.1. The Balaban J connectivity index is 0.00000225. The summed E-state index contributed by atoms with van der Waals surface area (Å²) < 4.78 is 7.21. The Kier molecular flexibility index (Phi) is 5.98. The van der Waals surface area contributed by atoms with Crippen LogP contribution in [0.2, 0.25) is 0 Å². The van der Waals surface area contributed by atoms with Crippen molar-refractivity contribution in [2.75, 3.05) is 0 Å². The SMILES string of the molecule is Cl.O=c1ncc2cc3nccc([nH]ccccccoc4ccccc14)n3n2. The number of hydrogen-bond donors (Lipinski definition) is 1. The molecule has 4 rings (SSSR count). The molecule has 0 fully saturated rings. The fourth-order valence-corrected chi connectivity index (χ4v) is 2.50. The largest absolute Gasteiger partial charge is 0.464 e. The normalized spacial score (nSPS) is 10.0. The lowest BCUT2D eigenvalue weighted by Crippen LogP contribution is -2.01. The molecule has 0 amide bonds. The number of nitrogens with one attached hydrogen (secondary N) is 1. The molecule has 0 aliphatic rings. The second-order valence-corrected chi connectivity index (χ2v) is 5.56. The summed E-state index contributed by atoms with van der Waals surface area (Å²) in [5.41, 5.74) is 1.93. The number of aromatic nitrogens is 5. The van der Waals surface area contributed by atoms with E-state index in [-0.39, 0.29) is 12.4 Å². The number of fused-ring (bicyclic) bond motifs is 2. The second kappa shape index (κ2) is 8.79. The topological polar surface area (TPSA) is 89.1 Å². The number of benzene rings is 1. The van der Waals surface area contributed by atoms with Crippen LogP contribution in [0.5, 0.6) is 0 Å². The van der Waals surface area contributed by atoms with E-state index in [1.165, 1.54) is 12.5 Å². The standard InChI is InChI=1S/C20H15N5O2.ClH/c26-20-16-7-3-4-8-17(16)27-12-6-2-1-5-10-21-18-9-11-22-19-13-15(14-23-20)24-25(18)19;/h1-14,21H;1H. The van der Waals surface area contributed by atoms with Crippen LogP contribution in [0.3, 0.4) is 0 Å². The Morgan fingerprint density at radius 1 is 0.964 bits per heavy atom. The number of hydrogen-bond acceptors (Lipinski definition) is 5. The van der Waals surface area contributed by atoms with Crippen molar-refractivity contribution < 1.29 is 4.42 Å². The predicted molar refractivity (Wildman–Crippen MR) is 110 cm³/mol. The van der Waals surface area contributed by atoms with Gasteiger partial charge in [-0.25, -0.2) is 9.97 Å². The molecule has 3 aromatic heterocycles. The highest BCUT2D eigenvalue weighted by molar-refractivity contribution is 5.85. The van der Waals surface area contributed by atoms with Gasteiger partial charge in [0.2, 0.25) is 0 Å². The summed E-state index contributed by atoms with van der Waals surface area (Å²) in [6, 6.07) is 17.7. The van der Waals surface area contributed by atoms with Crippen LogP contribution in [0.15, 0.2) is 94.7 Å². The Morgan fingerprint density at radius 2 is 1.82 bits per heavy atom. The monoisotopic (exact) mass is 393 g/mol. The van der Waals surface area contributed by atoms with E-state index in [0.29, 0.717) is 22.1 Å². The van der Waals surface area contributed by atoms with Crippen molar-refractivity contribution in [2.45, 2.75) is 0 Å². The molecule has 140 valence electrons. The van der Waals surface area contributed by atoms with E-state index in [9.17, 15) is 4.79 Å². The molecule has 1 N–H and O–H groups in total. The lowest BCUT2D eigenvalue weighted by Gasteiger charge is -1.93. The predicted octanol–water partition coefficient (Wildman–Crippen LogP) is 3.94. The zero-order chi connectivity index (χ0) is 18.5. The molecule has 8 heteroatoms. The Bertz CT molecular complexity index is 1320. The molecule has 3 heterocycles. The summed E-state index contributed by atoms with van der Waals surface area (Å²) in [6.07, 6.45) is 6.40. The number of aromatic amines is 1. The lowest BCUT2D eigenvalue weighted by atomic mass is 10.3. The minimum absolute atomic E-state index is 0. The van der Waals surface area contributed by atoms with Crippen LogP contribution in [0.1, 0.15) is 0 Å². The number of H-pyrrole nitrogens is 1. The lowest BCUT2D eigenvalue weighted by molar-refractivity contribution is 0.606. The summed E-state index contributed by atoms with van der Waals surface area (Å²) in [5.74, 6) is 0. The number of halogens is 1. The maximum absolute atomic E-state index is 12.5. The molecular weight excluding hydrogens is 378 g/mol. The molecule has 2 bridgehead atoms. The molecule has 0 saturated carbocycles.